The van der Waals surface area contributed by atoms with Gasteiger partial charge in [0.05, 0.1) is 11.9 Å². The Balaban J connectivity index is 1.73. The number of rotatable bonds is 5. The zero-order chi connectivity index (χ0) is 15.6. The van der Waals surface area contributed by atoms with Crippen LogP contribution in [0.5, 0.6) is 0 Å². The Bertz CT molecular complexity index is 585. The average Bonchev–Trinajstić information content (AvgIpc) is 3.16. The van der Waals surface area contributed by atoms with Gasteiger partial charge < -0.3 is 10.5 Å². The van der Waals surface area contributed by atoms with Gasteiger partial charge in [-0.15, -0.1) is 0 Å². The molecule has 0 aliphatic carbocycles. The zero-order valence-corrected chi connectivity index (χ0v) is 13.5. The second kappa shape index (κ2) is 6.66. The number of nitrogens with zero attached hydrogens (tertiary/aromatic N) is 1. The van der Waals surface area contributed by atoms with Crippen molar-refractivity contribution < 1.29 is 13.2 Å². The molecule has 0 spiro atoms. The fourth-order valence-electron chi connectivity index (χ4n) is 3.49. The van der Waals surface area contributed by atoms with Crippen LogP contribution >= 0.6 is 0 Å². The van der Waals surface area contributed by atoms with Crippen molar-refractivity contribution in [3.8, 4) is 0 Å². The molecule has 2 saturated heterocycles. The third-order valence-corrected chi connectivity index (χ3v) is 6.63. The van der Waals surface area contributed by atoms with Crippen LogP contribution in [0.2, 0.25) is 0 Å². The van der Waals surface area contributed by atoms with Crippen LogP contribution in [0.1, 0.15) is 24.3 Å². The van der Waals surface area contributed by atoms with Gasteiger partial charge >= 0.3 is 0 Å². The van der Waals surface area contributed by atoms with Crippen LogP contribution in [-0.4, -0.2) is 50.8 Å². The third kappa shape index (κ3) is 3.35. The number of sulfonamides is 1. The minimum absolute atomic E-state index is 0.103. The Hall–Kier alpha value is -0.950. The van der Waals surface area contributed by atoms with Gasteiger partial charge in [0.2, 0.25) is 10.0 Å². The second-order valence-corrected chi connectivity index (χ2v) is 8.26. The van der Waals surface area contributed by atoms with Crippen molar-refractivity contribution in [3.63, 3.8) is 0 Å². The van der Waals surface area contributed by atoms with Crippen molar-refractivity contribution in [2.45, 2.75) is 24.9 Å². The van der Waals surface area contributed by atoms with Crippen LogP contribution in [0.15, 0.2) is 30.3 Å². The molecule has 1 aromatic rings. The van der Waals surface area contributed by atoms with E-state index in [9.17, 15) is 8.42 Å². The molecule has 3 atom stereocenters. The van der Waals surface area contributed by atoms with E-state index in [2.05, 4.69) is 12.1 Å². The summed E-state index contributed by atoms with van der Waals surface area (Å²) in [7, 11) is -3.27. The summed E-state index contributed by atoms with van der Waals surface area (Å²) in [6, 6.07) is 10.1. The lowest BCUT2D eigenvalue weighted by Gasteiger charge is -2.19. The standard InChI is InChI=1S/C16H24N2O3S/c17-9-14-10-18(11-16(14)13-5-2-1-3-6-13)22(19,20)12-15-7-4-8-21-15/h1-3,5-6,14-16H,4,7-12,17H2/t14-,15?,16+/m1/s1. The molecule has 0 amide bonds. The summed E-state index contributed by atoms with van der Waals surface area (Å²) in [5.41, 5.74) is 7.06. The highest BCUT2D eigenvalue weighted by Gasteiger charge is 2.39. The van der Waals surface area contributed by atoms with Gasteiger partial charge in [-0.05, 0) is 30.9 Å². The molecular formula is C16H24N2O3S. The maximum absolute atomic E-state index is 12.6. The average molecular weight is 324 g/mol. The van der Waals surface area contributed by atoms with Crippen molar-refractivity contribution in [1.29, 1.82) is 0 Å². The summed E-state index contributed by atoms with van der Waals surface area (Å²) in [5, 5.41) is 0. The van der Waals surface area contributed by atoms with E-state index in [0.717, 1.165) is 12.8 Å². The predicted molar refractivity (Wildman–Crippen MR) is 86.1 cm³/mol. The molecule has 0 bridgehead atoms. The Kier molecular flexibility index (Phi) is 4.82. The van der Waals surface area contributed by atoms with Gasteiger partial charge in [0.1, 0.15) is 0 Å². The van der Waals surface area contributed by atoms with Crippen molar-refractivity contribution >= 4 is 10.0 Å². The molecule has 6 heteroatoms. The summed E-state index contributed by atoms with van der Waals surface area (Å²) in [5.74, 6) is 0.471. The molecule has 3 rings (SSSR count). The molecule has 122 valence electrons. The number of hydrogen-bond donors (Lipinski definition) is 1. The quantitative estimate of drug-likeness (QED) is 0.882. The maximum atomic E-state index is 12.6. The van der Waals surface area contributed by atoms with E-state index in [-0.39, 0.29) is 23.7 Å². The van der Waals surface area contributed by atoms with E-state index in [4.69, 9.17) is 10.5 Å². The van der Waals surface area contributed by atoms with E-state index in [1.54, 1.807) is 4.31 Å². The van der Waals surface area contributed by atoms with Crippen molar-refractivity contribution in [1.82, 2.24) is 4.31 Å². The van der Waals surface area contributed by atoms with Gasteiger partial charge in [-0.2, -0.15) is 0 Å². The smallest absolute Gasteiger partial charge is 0.216 e. The van der Waals surface area contributed by atoms with Gasteiger partial charge in [-0.25, -0.2) is 12.7 Å². The van der Waals surface area contributed by atoms with Crippen molar-refractivity contribution in [3.05, 3.63) is 35.9 Å². The minimum Gasteiger partial charge on any atom is -0.377 e. The number of ether oxygens (including phenoxy) is 1. The molecule has 2 N–H and O–H groups in total. The molecule has 2 aliphatic heterocycles. The summed E-state index contributed by atoms with van der Waals surface area (Å²) in [6.07, 6.45) is 1.66. The molecule has 1 unspecified atom stereocenters. The van der Waals surface area contributed by atoms with Crippen LogP contribution in [0.25, 0.3) is 0 Å². The fraction of sp³-hybridized carbons (Fsp3) is 0.625. The highest BCUT2D eigenvalue weighted by atomic mass is 32.2. The van der Waals surface area contributed by atoms with Crippen LogP contribution < -0.4 is 5.73 Å². The van der Waals surface area contributed by atoms with Gasteiger partial charge in [0, 0.05) is 25.6 Å². The first-order valence-corrected chi connectivity index (χ1v) is 9.55. The third-order valence-electron chi connectivity index (χ3n) is 4.75. The van der Waals surface area contributed by atoms with Crippen molar-refractivity contribution in [2.75, 3.05) is 32.0 Å². The lowest BCUT2D eigenvalue weighted by molar-refractivity contribution is 0.126. The lowest BCUT2D eigenvalue weighted by atomic mass is 9.89. The van der Waals surface area contributed by atoms with E-state index < -0.39 is 10.0 Å². The Morgan fingerprint density at radius 1 is 1.23 bits per heavy atom. The van der Waals surface area contributed by atoms with Crippen molar-refractivity contribution in [2.24, 2.45) is 11.7 Å². The zero-order valence-electron chi connectivity index (χ0n) is 12.7. The van der Waals surface area contributed by atoms with E-state index in [1.165, 1.54) is 5.56 Å². The van der Waals surface area contributed by atoms with Gasteiger partial charge in [-0.1, -0.05) is 30.3 Å². The van der Waals surface area contributed by atoms with E-state index in [0.29, 0.717) is 26.2 Å². The second-order valence-electron chi connectivity index (χ2n) is 6.24. The molecule has 5 nitrogen and oxygen atoms in total. The van der Waals surface area contributed by atoms with Crippen LogP contribution in [0, 0.1) is 5.92 Å². The van der Waals surface area contributed by atoms with Gasteiger partial charge in [0.15, 0.2) is 0 Å². The molecule has 2 fully saturated rings. The minimum atomic E-state index is -3.27. The first-order chi connectivity index (χ1) is 10.6. The molecule has 0 saturated carbocycles. The molecule has 2 heterocycles. The summed E-state index contributed by atoms with van der Waals surface area (Å²) in [4.78, 5) is 0. The van der Waals surface area contributed by atoms with Crippen LogP contribution in [0.3, 0.4) is 0 Å². The molecule has 0 radical (unpaired) electrons. The fourth-order valence-corrected chi connectivity index (χ4v) is 5.24. The van der Waals surface area contributed by atoms with Crippen LogP contribution in [0.4, 0.5) is 0 Å². The van der Waals surface area contributed by atoms with Gasteiger partial charge in [-0.3, -0.25) is 0 Å². The molecule has 0 aromatic heterocycles. The normalized spacial score (nSPS) is 30.0. The predicted octanol–water partition coefficient (Wildman–Crippen LogP) is 1.17. The highest BCUT2D eigenvalue weighted by molar-refractivity contribution is 7.89. The SMILES string of the molecule is NC[C@@H]1CN(S(=O)(=O)CC2CCCO2)C[C@H]1c1ccccc1. The maximum Gasteiger partial charge on any atom is 0.216 e. The number of nitrogens with two attached hydrogens (primary N) is 1. The number of benzene rings is 1. The van der Waals surface area contributed by atoms with Gasteiger partial charge in [0.25, 0.3) is 0 Å². The summed E-state index contributed by atoms with van der Waals surface area (Å²) < 4.78 is 32.4. The monoisotopic (exact) mass is 324 g/mol. The number of hydrogen-bond acceptors (Lipinski definition) is 4. The van der Waals surface area contributed by atoms with E-state index >= 15 is 0 Å². The molecule has 2 aliphatic rings. The Labute approximate surface area is 132 Å². The first-order valence-electron chi connectivity index (χ1n) is 7.94. The summed E-state index contributed by atoms with van der Waals surface area (Å²) >= 11 is 0. The van der Waals surface area contributed by atoms with Crippen LogP contribution in [-0.2, 0) is 14.8 Å². The highest BCUT2D eigenvalue weighted by Crippen LogP contribution is 2.34. The largest absolute Gasteiger partial charge is 0.377 e. The first kappa shape index (κ1) is 15.9. The molecule has 22 heavy (non-hydrogen) atoms. The topological polar surface area (TPSA) is 72.6 Å². The Morgan fingerprint density at radius 2 is 2.00 bits per heavy atom. The van der Waals surface area contributed by atoms with E-state index in [1.807, 2.05) is 18.2 Å². The lowest BCUT2D eigenvalue weighted by Crippen LogP contribution is -2.35. The Morgan fingerprint density at radius 3 is 2.64 bits per heavy atom. The summed E-state index contributed by atoms with van der Waals surface area (Å²) in [6.45, 7) is 2.23. The molecule has 1 aromatic carbocycles. The molecular weight excluding hydrogens is 300 g/mol.